The van der Waals surface area contributed by atoms with E-state index in [1.165, 1.54) is 0 Å². The van der Waals surface area contributed by atoms with Gasteiger partial charge in [-0.2, -0.15) is 0 Å². The molecule has 2 heterocycles. The van der Waals surface area contributed by atoms with Crippen molar-refractivity contribution in [2.75, 3.05) is 0 Å². The Balaban J connectivity index is 2.00. The molecule has 0 aromatic carbocycles. The van der Waals surface area contributed by atoms with E-state index < -0.39 is 0 Å². The van der Waals surface area contributed by atoms with Gasteiger partial charge in [-0.1, -0.05) is 0 Å². The second kappa shape index (κ2) is 5.03. The summed E-state index contributed by atoms with van der Waals surface area (Å²) in [5.41, 5.74) is 0. The summed E-state index contributed by atoms with van der Waals surface area (Å²) >= 11 is 0. The fraction of sp³-hybridized carbons (Fsp3) is 0.385. The molecule has 0 amide bonds. The first-order chi connectivity index (χ1) is 7.75. The molecule has 0 saturated heterocycles. The van der Waals surface area contributed by atoms with E-state index in [-0.39, 0.29) is 0 Å². The highest BCUT2D eigenvalue weighted by atomic mass is 16.3. The van der Waals surface area contributed by atoms with Crippen LogP contribution >= 0.6 is 0 Å². The summed E-state index contributed by atoms with van der Waals surface area (Å²) in [6.07, 6.45) is 3.42. The van der Waals surface area contributed by atoms with Gasteiger partial charge in [-0.25, -0.2) is 0 Å². The van der Waals surface area contributed by atoms with Crippen LogP contribution < -0.4 is 0 Å². The second-order valence-electron chi connectivity index (χ2n) is 4.16. The van der Waals surface area contributed by atoms with Gasteiger partial charge >= 0.3 is 0 Å². The zero-order valence-electron chi connectivity index (χ0n) is 9.72. The number of rotatable bonds is 5. The molecule has 0 aliphatic rings. The van der Waals surface area contributed by atoms with Gasteiger partial charge in [0, 0.05) is 6.04 Å². The summed E-state index contributed by atoms with van der Waals surface area (Å²) in [6.45, 7) is 5.97. The molecule has 16 heavy (non-hydrogen) atoms. The molecule has 0 spiro atoms. The van der Waals surface area contributed by atoms with Crippen LogP contribution in [-0.4, -0.2) is 10.9 Å². The molecule has 2 aromatic rings. The summed E-state index contributed by atoms with van der Waals surface area (Å²) in [7, 11) is 0. The maximum Gasteiger partial charge on any atom is 0.117 e. The van der Waals surface area contributed by atoms with E-state index in [1.807, 2.05) is 24.3 Å². The Morgan fingerprint density at radius 2 is 1.50 bits per heavy atom. The van der Waals surface area contributed by atoms with Crippen LogP contribution in [0.1, 0.15) is 25.4 Å². The lowest BCUT2D eigenvalue weighted by molar-refractivity contribution is 0.174. The van der Waals surface area contributed by atoms with Crippen LogP contribution in [-0.2, 0) is 13.1 Å². The SMILES string of the molecule is CC(C)N(Cc1ccco1)Cc1ccco1. The number of furan rings is 2. The quantitative estimate of drug-likeness (QED) is 0.772. The topological polar surface area (TPSA) is 29.5 Å². The fourth-order valence-electron chi connectivity index (χ4n) is 1.63. The van der Waals surface area contributed by atoms with E-state index in [2.05, 4.69) is 18.7 Å². The van der Waals surface area contributed by atoms with E-state index in [1.54, 1.807) is 12.5 Å². The predicted octanol–water partition coefficient (Wildman–Crippen LogP) is 3.28. The first-order valence-electron chi connectivity index (χ1n) is 5.54. The average Bonchev–Trinajstić information content (AvgIpc) is 2.88. The molecule has 2 aromatic heterocycles. The number of hydrogen-bond donors (Lipinski definition) is 0. The molecule has 0 saturated carbocycles. The first-order valence-corrected chi connectivity index (χ1v) is 5.54. The number of nitrogens with zero attached hydrogens (tertiary/aromatic N) is 1. The third-order valence-electron chi connectivity index (χ3n) is 2.61. The lowest BCUT2D eigenvalue weighted by atomic mass is 10.2. The third kappa shape index (κ3) is 2.76. The highest BCUT2D eigenvalue weighted by Gasteiger charge is 2.13. The van der Waals surface area contributed by atoms with Gasteiger partial charge in [0.05, 0.1) is 25.6 Å². The Bertz CT molecular complexity index is 353. The van der Waals surface area contributed by atoms with Crippen LogP contribution in [0.4, 0.5) is 0 Å². The third-order valence-corrected chi connectivity index (χ3v) is 2.61. The zero-order chi connectivity index (χ0) is 11.4. The van der Waals surface area contributed by atoms with Crippen molar-refractivity contribution < 1.29 is 8.83 Å². The van der Waals surface area contributed by atoms with Gasteiger partial charge < -0.3 is 8.83 Å². The van der Waals surface area contributed by atoms with Crippen molar-refractivity contribution in [3.8, 4) is 0 Å². The van der Waals surface area contributed by atoms with Crippen LogP contribution in [0, 0.1) is 0 Å². The van der Waals surface area contributed by atoms with Crippen LogP contribution in [0.15, 0.2) is 45.6 Å². The van der Waals surface area contributed by atoms with Gasteiger partial charge in [-0.3, -0.25) is 4.90 Å². The van der Waals surface area contributed by atoms with E-state index in [0.717, 1.165) is 24.6 Å². The van der Waals surface area contributed by atoms with Gasteiger partial charge in [-0.05, 0) is 38.1 Å². The number of hydrogen-bond acceptors (Lipinski definition) is 3. The minimum atomic E-state index is 0.454. The van der Waals surface area contributed by atoms with Gasteiger partial charge in [0.25, 0.3) is 0 Å². The molecule has 2 rings (SSSR count). The van der Waals surface area contributed by atoms with Gasteiger partial charge in [0.1, 0.15) is 11.5 Å². The van der Waals surface area contributed by atoms with Crippen LogP contribution in [0.5, 0.6) is 0 Å². The molecular weight excluding hydrogens is 202 g/mol. The molecule has 86 valence electrons. The lowest BCUT2D eigenvalue weighted by Gasteiger charge is -2.24. The van der Waals surface area contributed by atoms with E-state index in [4.69, 9.17) is 8.83 Å². The largest absolute Gasteiger partial charge is 0.468 e. The Morgan fingerprint density at radius 3 is 1.81 bits per heavy atom. The molecule has 0 aliphatic carbocycles. The molecule has 0 bridgehead atoms. The van der Waals surface area contributed by atoms with Crippen molar-refractivity contribution in [3.05, 3.63) is 48.3 Å². The van der Waals surface area contributed by atoms with Crippen molar-refractivity contribution in [3.63, 3.8) is 0 Å². The van der Waals surface area contributed by atoms with Gasteiger partial charge in [-0.15, -0.1) is 0 Å². The molecule has 0 aliphatic heterocycles. The smallest absolute Gasteiger partial charge is 0.117 e. The summed E-state index contributed by atoms with van der Waals surface area (Å²) in [6, 6.07) is 8.28. The monoisotopic (exact) mass is 219 g/mol. The zero-order valence-corrected chi connectivity index (χ0v) is 9.72. The molecule has 3 heteroatoms. The van der Waals surface area contributed by atoms with E-state index >= 15 is 0 Å². The summed E-state index contributed by atoms with van der Waals surface area (Å²) in [4.78, 5) is 2.30. The van der Waals surface area contributed by atoms with Crippen molar-refractivity contribution in [1.29, 1.82) is 0 Å². The maximum atomic E-state index is 5.36. The van der Waals surface area contributed by atoms with Crippen molar-refractivity contribution in [2.24, 2.45) is 0 Å². The fourth-order valence-corrected chi connectivity index (χ4v) is 1.63. The lowest BCUT2D eigenvalue weighted by Crippen LogP contribution is -2.29. The molecule has 3 nitrogen and oxygen atoms in total. The minimum absolute atomic E-state index is 0.454. The van der Waals surface area contributed by atoms with E-state index in [0.29, 0.717) is 6.04 Å². The summed E-state index contributed by atoms with van der Waals surface area (Å²) < 4.78 is 10.7. The minimum Gasteiger partial charge on any atom is -0.468 e. The molecule has 0 radical (unpaired) electrons. The second-order valence-corrected chi connectivity index (χ2v) is 4.16. The predicted molar refractivity (Wildman–Crippen MR) is 61.8 cm³/mol. The normalized spacial score (nSPS) is 11.5. The Hall–Kier alpha value is -1.48. The Morgan fingerprint density at radius 1 is 1.00 bits per heavy atom. The van der Waals surface area contributed by atoms with Crippen molar-refractivity contribution in [2.45, 2.75) is 33.0 Å². The molecule has 0 unspecified atom stereocenters. The van der Waals surface area contributed by atoms with Gasteiger partial charge in [0.2, 0.25) is 0 Å². The highest BCUT2D eigenvalue weighted by molar-refractivity contribution is 5.01. The van der Waals surface area contributed by atoms with Crippen molar-refractivity contribution in [1.82, 2.24) is 4.90 Å². The van der Waals surface area contributed by atoms with E-state index in [9.17, 15) is 0 Å². The summed E-state index contributed by atoms with van der Waals surface area (Å²) in [5.74, 6) is 1.97. The molecule has 0 atom stereocenters. The first kappa shape index (κ1) is 11.0. The molecule has 0 fully saturated rings. The maximum absolute atomic E-state index is 5.36. The Kier molecular flexibility index (Phi) is 3.47. The van der Waals surface area contributed by atoms with Crippen molar-refractivity contribution >= 4 is 0 Å². The average molecular weight is 219 g/mol. The van der Waals surface area contributed by atoms with Gasteiger partial charge in [0.15, 0.2) is 0 Å². The summed E-state index contributed by atoms with van der Waals surface area (Å²) in [5, 5.41) is 0. The highest BCUT2D eigenvalue weighted by Crippen LogP contribution is 2.13. The molecule has 0 N–H and O–H groups in total. The Labute approximate surface area is 95.7 Å². The molecular formula is C13H17NO2. The standard InChI is InChI=1S/C13H17NO2/c1-11(2)14(9-12-5-3-7-15-12)10-13-6-4-8-16-13/h3-8,11H,9-10H2,1-2H3. The van der Waals surface area contributed by atoms with Crippen LogP contribution in [0.25, 0.3) is 0 Å². The van der Waals surface area contributed by atoms with Crippen LogP contribution in [0.2, 0.25) is 0 Å². The van der Waals surface area contributed by atoms with Crippen LogP contribution in [0.3, 0.4) is 0 Å².